The van der Waals surface area contributed by atoms with Gasteiger partial charge in [-0.25, -0.2) is 0 Å². The molecule has 0 aromatic carbocycles. The maximum atomic E-state index is 10.2. The second-order valence-electron chi connectivity index (χ2n) is 9.45. The Bertz CT molecular complexity index is 817. The average molecular weight is 351 g/mol. The van der Waals surface area contributed by atoms with Crippen LogP contribution in [-0.2, 0) is 0 Å². The minimum absolute atomic E-state index is 0.0902. The molecule has 0 spiro atoms. The van der Waals surface area contributed by atoms with E-state index in [-0.39, 0.29) is 16.9 Å². The summed E-state index contributed by atoms with van der Waals surface area (Å²) in [5.74, 6) is 0.560. The van der Waals surface area contributed by atoms with E-state index in [1.165, 1.54) is 23.1 Å². The minimum atomic E-state index is -0.428. The second kappa shape index (κ2) is 5.79. The van der Waals surface area contributed by atoms with Crippen LogP contribution >= 0.6 is 0 Å². The maximum absolute atomic E-state index is 10.2. The standard InChI is InChI=1S/C24H31NO/c1-23-11-9-18(26)14-17(23)5-6-19-21-8-7-20(16-4-3-13-25-15-16)24(21,2)12-10-22(19)23/h3-5,7,13,15,18-19,21-22,26H,6,8-12,14H2,1-2H3/t18-,19?,21?,22?,23-,24+/m0/s1/i21D. The predicted octanol–water partition coefficient (Wildman–Crippen LogP) is 5.40. The van der Waals surface area contributed by atoms with Crippen LogP contribution in [0.2, 0.25) is 0 Å². The van der Waals surface area contributed by atoms with Gasteiger partial charge in [0.15, 0.2) is 0 Å². The molecule has 2 nitrogen and oxygen atoms in total. The van der Waals surface area contributed by atoms with Gasteiger partial charge in [-0.05, 0) is 90.7 Å². The van der Waals surface area contributed by atoms with Gasteiger partial charge in [-0.1, -0.05) is 37.6 Å². The number of nitrogens with zero attached hydrogens (tertiary/aromatic N) is 1. The molecule has 0 radical (unpaired) electrons. The molecule has 26 heavy (non-hydrogen) atoms. The highest BCUT2D eigenvalue weighted by atomic mass is 16.3. The zero-order valence-electron chi connectivity index (χ0n) is 17.0. The maximum Gasteiger partial charge on any atom is 0.0577 e. The molecule has 1 N–H and O–H groups in total. The van der Waals surface area contributed by atoms with E-state index in [1.54, 1.807) is 0 Å². The first-order valence-electron chi connectivity index (χ1n) is 10.9. The highest BCUT2D eigenvalue weighted by Crippen LogP contribution is 2.66. The first-order valence-corrected chi connectivity index (χ1v) is 10.4. The lowest BCUT2D eigenvalue weighted by Crippen LogP contribution is -2.49. The van der Waals surface area contributed by atoms with Crippen molar-refractivity contribution in [2.24, 2.45) is 28.6 Å². The number of pyridine rings is 1. The molecule has 1 heterocycles. The largest absolute Gasteiger partial charge is 0.393 e. The first kappa shape index (κ1) is 15.6. The van der Waals surface area contributed by atoms with E-state index < -0.39 is 5.89 Å². The van der Waals surface area contributed by atoms with Gasteiger partial charge in [-0.3, -0.25) is 4.98 Å². The Kier molecular flexibility index (Phi) is 3.48. The molecule has 3 unspecified atom stereocenters. The molecule has 2 heteroatoms. The average Bonchev–Trinajstić information content (AvgIpc) is 2.94. The van der Waals surface area contributed by atoms with Gasteiger partial charge in [-0.2, -0.15) is 0 Å². The van der Waals surface area contributed by atoms with Gasteiger partial charge in [0.2, 0.25) is 0 Å². The van der Waals surface area contributed by atoms with Crippen LogP contribution in [-0.4, -0.2) is 16.2 Å². The Morgan fingerprint density at radius 3 is 2.81 bits per heavy atom. The lowest BCUT2D eigenvalue weighted by atomic mass is 9.47. The molecule has 1 aromatic rings. The Morgan fingerprint density at radius 1 is 1.15 bits per heavy atom. The van der Waals surface area contributed by atoms with Crippen LogP contribution in [0.3, 0.4) is 0 Å². The summed E-state index contributed by atoms with van der Waals surface area (Å²) in [4.78, 5) is 4.34. The number of fused-ring (bicyclic) bond motifs is 5. The molecule has 5 rings (SSSR count). The molecule has 0 saturated heterocycles. The van der Waals surface area contributed by atoms with Crippen LogP contribution in [0.15, 0.2) is 42.3 Å². The summed E-state index contributed by atoms with van der Waals surface area (Å²) in [6.45, 7) is 4.77. The molecule has 0 bridgehead atoms. The van der Waals surface area contributed by atoms with Gasteiger partial charge < -0.3 is 5.11 Å². The smallest absolute Gasteiger partial charge is 0.0577 e. The third-order valence-corrected chi connectivity index (χ3v) is 8.31. The first-order chi connectivity index (χ1) is 12.9. The van der Waals surface area contributed by atoms with Gasteiger partial charge in [0.25, 0.3) is 0 Å². The van der Waals surface area contributed by atoms with Crippen molar-refractivity contribution in [3.63, 3.8) is 0 Å². The fraction of sp³-hybridized carbons (Fsp3) is 0.625. The normalized spacial score (nSPS) is 47.8. The highest BCUT2D eigenvalue weighted by Gasteiger charge is 2.56. The molecule has 4 aliphatic carbocycles. The molecule has 2 saturated carbocycles. The van der Waals surface area contributed by atoms with Crippen molar-refractivity contribution in [1.82, 2.24) is 4.98 Å². The summed E-state index contributed by atoms with van der Waals surface area (Å²) in [5, 5.41) is 10.2. The van der Waals surface area contributed by atoms with Crippen molar-refractivity contribution in [3.05, 3.63) is 47.8 Å². The second-order valence-corrected chi connectivity index (χ2v) is 9.45. The van der Waals surface area contributed by atoms with Gasteiger partial charge in [0.1, 0.15) is 0 Å². The number of allylic oxidation sites excluding steroid dienone is 3. The summed E-state index contributed by atoms with van der Waals surface area (Å²) >= 11 is 0. The Balaban J connectivity index is 1.53. The molecular formula is C24H31NO. The van der Waals surface area contributed by atoms with Crippen molar-refractivity contribution in [1.29, 1.82) is 0 Å². The fourth-order valence-corrected chi connectivity index (χ4v) is 6.83. The molecule has 138 valence electrons. The van der Waals surface area contributed by atoms with Crippen molar-refractivity contribution in [3.8, 4) is 0 Å². The van der Waals surface area contributed by atoms with Crippen molar-refractivity contribution >= 4 is 5.57 Å². The zero-order valence-corrected chi connectivity index (χ0v) is 16.0. The number of hydrogen-bond acceptors (Lipinski definition) is 2. The van der Waals surface area contributed by atoms with E-state index in [0.29, 0.717) is 11.8 Å². The molecule has 4 aliphatic rings. The Labute approximate surface area is 158 Å². The van der Waals surface area contributed by atoms with Crippen LogP contribution in [0.5, 0.6) is 0 Å². The van der Waals surface area contributed by atoms with E-state index in [2.05, 4.69) is 37.0 Å². The van der Waals surface area contributed by atoms with Crippen LogP contribution < -0.4 is 0 Å². The lowest BCUT2D eigenvalue weighted by Gasteiger charge is -2.57. The Morgan fingerprint density at radius 2 is 2.00 bits per heavy atom. The quantitative estimate of drug-likeness (QED) is 0.688. The number of aliphatic hydroxyl groups excluding tert-OH is 1. The van der Waals surface area contributed by atoms with E-state index in [4.69, 9.17) is 0 Å². The SMILES string of the molecule is [2H]C12CC=C(c3cccnc3)[C@@]1(C)CCC1C2CC=C2C[C@@H](O)CC[C@@]21C. The summed E-state index contributed by atoms with van der Waals surface area (Å²) in [6, 6.07) is 4.17. The number of hydrogen-bond donors (Lipinski definition) is 1. The minimum Gasteiger partial charge on any atom is -0.393 e. The number of rotatable bonds is 1. The van der Waals surface area contributed by atoms with Crippen LogP contribution in [0.4, 0.5) is 0 Å². The summed E-state index contributed by atoms with van der Waals surface area (Å²) < 4.78 is 9.72. The fourth-order valence-electron chi connectivity index (χ4n) is 6.83. The van der Waals surface area contributed by atoms with Gasteiger partial charge >= 0.3 is 0 Å². The molecule has 6 atom stereocenters. The molecular weight excluding hydrogens is 318 g/mol. The van der Waals surface area contributed by atoms with Crippen molar-refractivity contribution < 1.29 is 6.48 Å². The van der Waals surface area contributed by atoms with Gasteiger partial charge in [0, 0.05) is 13.8 Å². The van der Waals surface area contributed by atoms with Crippen molar-refractivity contribution in [2.75, 3.05) is 0 Å². The lowest BCUT2D eigenvalue weighted by molar-refractivity contribution is -0.0238. The summed E-state index contributed by atoms with van der Waals surface area (Å²) in [7, 11) is 0. The Hall–Kier alpha value is -1.41. The van der Waals surface area contributed by atoms with E-state index in [1.807, 2.05) is 18.5 Å². The number of aromatic nitrogens is 1. The van der Waals surface area contributed by atoms with E-state index in [0.717, 1.165) is 38.5 Å². The summed E-state index contributed by atoms with van der Waals surface area (Å²) in [5.41, 5.74) is 4.13. The summed E-state index contributed by atoms with van der Waals surface area (Å²) in [6.07, 6.45) is 15.4. The van der Waals surface area contributed by atoms with Crippen molar-refractivity contribution in [2.45, 2.75) is 64.9 Å². The van der Waals surface area contributed by atoms with Gasteiger partial charge in [0.05, 0.1) is 6.10 Å². The predicted molar refractivity (Wildman–Crippen MR) is 105 cm³/mol. The van der Waals surface area contributed by atoms with E-state index >= 15 is 0 Å². The molecule has 0 aliphatic heterocycles. The third-order valence-electron chi connectivity index (χ3n) is 8.31. The molecule has 0 amide bonds. The van der Waals surface area contributed by atoms with Crippen LogP contribution in [0.1, 0.15) is 65.7 Å². The van der Waals surface area contributed by atoms with Gasteiger partial charge in [-0.15, -0.1) is 0 Å². The monoisotopic (exact) mass is 350 g/mol. The van der Waals surface area contributed by atoms with E-state index in [9.17, 15) is 6.48 Å². The molecule has 2 fully saturated rings. The molecule has 1 aromatic heterocycles. The highest BCUT2D eigenvalue weighted by molar-refractivity contribution is 5.72. The zero-order chi connectivity index (χ0) is 18.9. The number of aliphatic hydroxyl groups is 1. The third kappa shape index (κ3) is 2.24. The van der Waals surface area contributed by atoms with Crippen LogP contribution in [0, 0.1) is 28.6 Å². The topological polar surface area (TPSA) is 33.1 Å². The van der Waals surface area contributed by atoms with Crippen LogP contribution in [0.25, 0.3) is 5.57 Å².